The Morgan fingerprint density at radius 1 is 0.833 bits per heavy atom. The van der Waals surface area contributed by atoms with Crippen molar-refractivity contribution in [3.05, 3.63) is 71.3 Å². The van der Waals surface area contributed by atoms with E-state index in [1.54, 1.807) is 0 Å². The van der Waals surface area contributed by atoms with Crippen molar-refractivity contribution >= 4 is 11.1 Å². The first-order chi connectivity index (χ1) is 17.5. The van der Waals surface area contributed by atoms with Crippen molar-refractivity contribution in [1.29, 1.82) is 0 Å². The van der Waals surface area contributed by atoms with Crippen LogP contribution in [0.25, 0.3) is 11.1 Å². The van der Waals surface area contributed by atoms with Gasteiger partial charge < -0.3 is 18.9 Å². The molecule has 2 heterocycles. The highest BCUT2D eigenvalue weighted by molar-refractivity contribution is 5.80. The maximum absolute atomic E-state index is 6.50. The normalized spacial score (nSPS) is 21.0. The average molecular weight is 489 g/mol. The first-order valence-electron chi connectivity index (χ1n) is 13.6. The van der Waals surface area contributed by atoms with Crippen LogP contribution in [0.4, 0.5) is 0 Å². The summed E-state index contributed by atoms with van der Waals surface area (Å²) in [6.45, 7) is 9.89. The second kappa shape index (κ2) is 11.2. The Morgan fingerprint density at radius 3 is 2.14 bits per heavy atom. The van der Waals surface area contributed by atoms with E-state index < -0.39 is 0 Å². The van der Waals surface area contributed by atoms with E-state index in [-0.39, 0.29) is 17.6 Å². The number of epoxide rings is 2. The molecule has 0 amide bonds. The zero-order valence-electron chi connectivity index (χ0n) is 22.1. The molecule has 2 aromatic rings. The van der Waals surface area contributed by atoms with Crippen LogP contribution in [0.5, 0.6) is 11.5 Å². The summed E-state index contributed by atoms with van der Waals surface area (Å²) in [6, 6.07) is 15.2. The van der Waals surface area contributed by atoms with Gasteiger partial charge in [0.05, 0.1) is 13.2 Å². The fraction of sp³-hybridized carbons (Fsp3) is 0.500. The van der Waals surface area contributed by atoms with E-state index >= 15 is 0 Å². The predicted octanol–water partition coefficient (Wildman–Crippen LogP) is 7.36. The van der Waals surface area contributed by atoms with E-state index in [9.17, 15) is 0 Å². The largest absolute Gasteiger partial charge is 0.491 e. The molecule has 4 heteroatoms. The van der Waals surface area contributed by atoms with E-state index in [2.05, 4.69) is 75.4 Å². The molecule has 192 valence electrons. The lowest BCUT2D eigenvalue weighted by Gasteiger charge is -2.30. The van der Waals surface area contributed by atoms with Gasteiger partial charge in [0.15, 0.2) is 0 Å². The molecule has 0 aromatic heterocycles. The lowest BCUT2D eigenvalue weighted by molar-refractivity contribution is 0.256. The van der Waals surface area contributed by atoms with Gasteiger partial charge in [0.1, 0.15) is 36.9 Å². The Hall–Kier alpha value is -2.56. The molecular formula is C32H40O4. The number of unbranched alkanes of at least 4 members (excludes halogenated alkanes) is 2. The van der Waals surface area contributed by atoms with E-state index in [0.717, 1.165) is 44.0 Å². The molecular weight excluding hydrogens is 448 g/mol. The predicted molar refractivity (Wildman–Crippen MR) is 146 cm³/mol. The van der Waals surface area contributed by atoms with Crippen molar-refractivity contribution in [2.75, 3.05) is 26.4 Å². The smallest absolute Gasteiger partial charge is 0.130 e. The Morgan fingerprint density at radius 2 is 1.50 bits per heavy atom. The van der Waals surface area contributed by atoms with Gasteiger partial charge in [0.25, 0.3) is 0 Å². The molecule has 2 unspecified atom stereocenters. The van der Waals surface area contributed by atoms with Crippen molar-refractivity contribution in [2.45, 2.75) is 76.9 Å². The molecule has 0 radical (unpaired) electrons. The van der Waals surface area contributed by atoms with Crippen LogP contribution in [0.2, 0.25) is 0 Å². The number of benzene rings is 2. The minimum Gasteiger partial charge on any atom is -0.491 e. The summed E-state index contributed by atoms with van der Waals surface area (Å²) >= 11 is 0. The Bertz CT molecular complexity index is 1090. The van der Waals surface area contributed by atoms with Gasteiger partial charge in [-0.1, -0.05) is 82.5 Å². The van der Waals surface area contributed by atoms with Gasteiger partial charge in [0.2, 0.25) is 0 Å². The molecule has 1 aliphatic carbocycles. The summed E-state index contributed by atoms with van der Waals surface area (Å²) in [5.41, 5.74) is 6.59. The quantitative estimate of drug-likeness (QED) is 0.218. The number of rotatable bonds is 13. The maximum Gasteiger partial charge on any atom is 0.130 e. The molecule has 0 bridgehead atoms. The number of ether oxygens (including phenoxy) is 4. The van der Waals surface area contributed by atoms with Crippen LogP contribution in [0.3, 0.4) is 0 Å². The van der Waals surface area contributed by atoms with Gasteiger partial charge >= 0.3 is 0 Å². The van der Waals surface area contributed by atoms with Gasteiger partial charge in [-0.15, -0.1) is 0 Å². The third-order valence-corrected chi connectivity index (χ3v) is 7.51. The molecule has 0 N–H and O–H groups in total. The number of hydrogen-bond donors (Lipinski definition) is 0. The molecule has 2 aliphatic heterocycles. The standard InChI is InChI=1S/C32H40O4/c1-4-5-6-18-32(2,3)30-9-7-8-29(31(30)36-22-28-21-35-28)25-12-10-23(11-13-25)24-14-16-26(17-15-24)33-19-27-20-34-27/h7-10,13-17,27-28H,4-6,11-12,18-22H2,1-3H3. The molecule has 3 aliphatic rings. The number of allylic oxidation sites excluding steroid dienone is 4. The van der Waals surface area contributed by atoms with Gasteiger partial charge in [-0.3, -0.25) is 0 Å². The second-order valence-electron chi connectivity index (χ2n) is 10.9. The van der Waals surface area contributed by atoms with Gasteiger partial charge in [0, 0.05) is 11.1 Å². The van der Waals surface area contributed by atoms with Crippen molar-refractivity contribution < 1.29 is 18.9 Å². The molecule has 2 aromatic carbocycles. The average Bonchev–Trinajstić information content (AvgIpc) is 3.82. The van der Waals surface area contributed by atoms with Gasteiger partial charge in [-0.05, 0) is 53.5 Å². The molecule has 0 saturated carbocycles. The first kappa shape index (κ1) is 25.1. The lowest BCUT2D eigenvalue weighted by Crippen LogP contribution is -2.20. The Kier molecular flexibility index (Phi) is 7.83. The number of hydrogen-bond acceptors (Lipinski definition) is 4. The molecule has 36 heavy (non-hydrogen) atoms. The topological polar surface area (TPSA) is 43.5 Å². The van der Waals surface area contributed by atoms with Crippen LogP contribution >= 0.6 is 0 Å². The highest BCUT2D eigenvalue weighted by Gasteiger charge is 2.29. The number of para-hydroxylation sites is 1. The second-order valence-corrected chi connectivity index (χ2v) is 10.9. The fourth-order valence-electron chi connectivity index (χ4n) is 4.98. The minimum atomic E-state index is 0.0661. The van der Waals surface area contributed by atoms with E-state index in [4.69, 9.17) is 18.9 Å². The highest BCUT2D eigenvalue weighted by atomic mass is 16.6. The molecule has 2 saturated heterocycles. The Balaban J connectivity index is 1.31. The van der Waals surface area contributed by atoms with Crippen LogP contribution in [0.15, 0.2) is 54.6 Å². The molecule has 2 fully saturated rings. The minimum absolute atomic E-state index is 0.0661. The molecule has 0 spiro atoms. The lowest BCUT2D eigenvalue weighted by atomic mass is 9.78. The van der Waals surface area contributed by atoms with E-state index in [0.29, 0.717) is 13.2 Å². The van der Waals surface area contributed by atoms with Crippen LogP contribution in [0.1, 0.15) is 76.0 Å². The van der Waals surface area contributed by atoms with Crippen LogP contribution in [-0.4, -0.2) is 38.6 Å². The first-order valence-corrected chi connectivity index (χ1v) is 13.6. The van der Waals surface area contributed by atoms with Gasteiger partial charge in [-0.25, -0.2) is 0 Å². The van der Waals surface area contributed by atoms with Crippen LogP contribution in [0, 0.1) is 0 Å². The van der Waals surface area contributed by atoms with Crippen molar-refractivity contribution in [3.8, 4) is 11.5 Å². The van der Waals surface area contributed by atoms with Gasteiger partial charge in [-0.2, -0.15) is 0 Å². The molecule has 5 rings (SSSR count). The van der Waals surface area contributed by atoms with E-state index in [1.807, 2.05) is 0 Å². The Labute approximate surface area is 216 Å². The van der Waals surface area contributed by atoms with Crippen molar-refractivity contribution in [1.82, 2.24) is 0 Å². The monoisotopic (exact) mass is 488 g/mol. The zero-order chi connectivity index (χ0) is 25.0. The third-order valence-electron chi connectivity index (χ3n) is 7.51. The zero-order valence-corrected chi connectivity index (χ0v) is 22.1. The van der Waals surface area contributed by atoms with Crippen LogP contribution in [-0.2, 0) is 14.9 Å². The molecule has 2 atom stereocenters. The van der Waals surface area contributed by atoms with Crippen molar-refractivity contribution in [2.24, 2.45) is 0 Å². The summed E-state index contributed by atoms with van der Waals surface area (Å²) in [6.07, 6.45) is 12.0. The summed E-state index contributed by atoms with van der Waals surface area (Å²) < 4.78 is 23.0. The molecule has 4 nitrogen and oxygen atoms in total. The van der Waals surface area contributed by atoms with E-state index in [1.165, 1.54) is 47.1 Å². The summed E-state index contributed by atoms with van der Waals surface area (Å²) in [4.78, 5) is 0. The highest BCUT2D eigenvalue weighted by Crippen LogP contribution is 2.43. The fourth-order valence-corrected chi connectivity index (χ4v) is 4.98. The summed E-state index contributed by atoms with van der Waals surface area (Å²) in [5.74, 6) is 1.96. The van der Waals surface area contributed by atoms with Crippen LogP contribution < -0.4 is 9.47 Å². The summed E-state index contributed by atoms with van der Waals surface area (Å²) in [5, 5.41) is 0. The third kappa shape index (κ3) is 6.41. The van der Waals surface area contributed by atoms with Crippen molar-refractivity contribution in [3.63, 3.8) is 0 Å². The SMILES string of the molecule is CCCCCC(C)(C)c1cccc(C2=CCC(c3ccc(OCC4CO4)cc3)=CC2)c1OCC1CO1. The summed E-state index contributed by atoms with van der Waals surface area (Å²) in [7, 11) is 0. The maximum atomic E-state index is 6.50.